The third-order valence-electron chi connectivity index (χ3n) is 3.06. The third kappa shape index (κ3) is 2.91. The van der Waals surface area contributed by atoms with Gasteiger partial charge in [0.1, 0.15) is 0 Å². The lowest BCUT2D eigenvalue weighted by atomic mass is 10.2. The Hall–Kier alpha value is -1.74. The first-order chi connectivity index (χ1) is 10.6. The summed E-state index contributed by atoms with van der Waals surface area (Å²) in [6.07, 6.45) is 0. The first-order valence-corrected chi connectivity index (χ1v) is 8.14. The number of nitrogens with zero attached hydrogens (tertiary/aromatic N) is 2. The number of nitrogens with one attached hydrogen (secondary N) is 1. The van der Waals surface area contributed by atoms with Gasteiger partial charge >= 0.3 is 0 Å². The van der Waals surface area contributed by atoms with Crippen molar-refractivity contribution in [3.05, 3.63) is 56.1 Å². The second-order valence-electron chi connectivity index (χ2n) is 4.50. The maximum absolute atomic E-state index is 12.1. The molecular formula is C15H9BrIN3O2. The normalized spacial score (nSPS) is 11.4. The summed E-state index contributed by atoms with van der Waals surface area (Å²) in [5.74, 6) is -0.590. The average molecular weight is 470 g/mol. The van der Waals surface area contributed by atoms with Gasteiger partial charge in [-0.3, -0.25) is 4.79 Å². The number of carbonyl (C=O) groups excluding carboxylic acids is 1. The van der Waals surface area contributed by atoms with Gasteiger partial charge in [0.15, 0.2) is 5.69 Å². The number of hydrogen-bond donors (Lipinski definition) is 2. The summed E-state index contributed by atoms with van der Waals surface area (Å²) in [4.78, 5) is 14.9. The Balaban J connectivity index is 1.99. The number of hydrogen-bond acceptors (Lipinski definition) is 3. The molecule has 110 valence electrons. The van der Waals surface area contributed by atoms with Gasteiger partial charge in [0.2, 0.25) is 5.88 Å². The molecule has 1 amide bonds. The summed E-state index contributed by atoms with van der Waals surface area (Å²) < 4.78 is 1.65. The second-order valence-corrected chi connectivity index (χ2v) is 6.60. The Bertz CT molecular complexity index is 905. The van der Waals surface area contributed by atoms with E-state index in [1.807, 2.05) is 24.3 Å². The van der Waals surface area contributed by atoms with Crippen molar-refractivity contribution in [2.75, 3.05) is 0 Å². The molecule has 0 atom stereocenters. The molecule has 5 nitrogen and oxygen atoms in total. The molecule has 22 heavy (non-hydrogen) atoms. The van der Waals surface area contributed by atoms with E-state index in [1.165, 1.54) is 0 Å². The Morgan fingerprint density at radius 2 is 2.00 bits per heavy atom. The van der Waals surface area contributed by atoms with Crippen LogP contribution >= 0.6 is 38.5 Å². The van der Waals surface area contributed by atoms with Gasteiger partial charge in [0.25, 0.3) is 5.91 Å². The molecule has 3 aromatic rings. The van der Waals surface area contributed by atoms with Crippen LogP contribution in [0.4, 0.5) is 5.69 Å². The fourth-order valence-corrected chi connectivity index (χ4v) is 2.97. The maximum Gasteiger partial charge on any atom is 0.296 e. The van der Waals surface area contributed by atoms with Crippen LogP contribution in [0.25, 0.3) is 10.9 Å². The van der Waals surface area contributed by atoms with Crippen molar-refractivity contribution < 1.29 is 9.90 Å². The zero-order valence-corrected chi connectivity index (χ0v) is 14.8. The molecule has 2 aromatic carbocycles. The Kier molecular flexibility index (Phi) is 4.25. The van der Waals surface area contributed by atoms with E-state index >= 15 is 0 Å². The van der Waals surface area contributed by atoms with Crippen molar-refractivity contribution in [2.24, 2.45) is 10.2 Å². The number of benzene rings is 2. The van der Waals surface area contributed by atoms with E-state index < -0.39 is 5.91 Å². The molecule has 0 aliphatic heterocycles. The smallest absolute Gasteiger partial charge is 0.296 e. The fraction of sp³-hybridized carbons (Fsp3) is 0. The van der Waals surface area contributed by atoms with E-state index in [2.05, 4.69) is 53.7 Å². The lowest BCUT2D eigenvalue weighted by molar-refractivity contribution is 0.0994. The molecule has 0 spiro atoms. The number of rotatable bonds is 2. The quantitative estimate of drug-likeness (QED) is 0.401. The van der Waals surface area contributed by atoms with Gasteiger partial charge in [0.05, 0.1) is 11.1 Å². The van der Waals surface area contributed by atoms with Crippen molar-refractivity contribution in [2.45, 2.75) is 0 Å². The van der Waals surface area contributed by atoms with Crippen LogP contribution in [-0.4, -0.2) is 16.0 Å². The van der Waals surface area contributed by atoms with Crippen LogP contribution in [0.3, 0.4) is 0 Å². The van der Waals surface area contributed by atoms with Crippen LogP contribution < -0.4 is 0 Å². The maximum atomic E-state index is 12.1. The molecule has 0 aliphatic rings. The molecule has 0 unspecified atom stereocenters. The summed E-state index contributed by atoms with van der Waals surface area (Å²) in [6.45, 7) is 0. The predicted octanol–water partition coefficient (Wildman–Crippen LogP) is 5.16. The minimum absolute atomic E-state index is 0.110. The molecule has 0 bridgehead atoms. The summed E-state index contributed by atoms with van der Waals surface area (Å²) in [6, 6.07) is 12.6. The van der Waals surface area contributed by atoms with Crippen LogP contribution in [0.15, 0.2) is 57.2 Å². The van der Waals surface area contributed by atoms with E-state index in [-0.39, 0.29) is 11.6 Å². The van der Waals surface area contributed by atoms with Gasteiger partial charge in [-0.25, -0.2) is 0 Å². The molecule has 1 aromatic heterocycles. The van der Waals surface area contributed by atoms with Crippen molar-refractivity contribution in [1.82, 2.24) is 4.98 Å². The SMILES string of the molecule is O=C(N=Nc1c(O)[nH]c2ccc(I)cc12)c1ccccc1Br. The molecule has 0 saturated heterocycles. The summed E-state index contributed by atoms with van der Waals surface area (Å²) >= 11 is 5.47. The van der Waals surface area contributed by atoms with E-state index in [9.17, 15) is 9.90 Å². The van der Waals surface area contributed by atoms with Crippen molar-refractivity contribution in [3.8, 4) is 5.88 Å². The number of halogens is 2. The molecule has 0 aliphatic carbocycles. The largest absolute Gasteiger partial charge is 0.493 e. The molecule has 0 radical (unpaired) electrons. The van der Waals surface area contributed by atoms with Crippen molar-refractivity contribution in [1.29, 1.82) is 0 Å². The van der Waals surface area contributed by atoms with Gasteiger partial charge in [-0.1, -0.05) is 12.1 Å². The van der Waals surface area contributed by atoms with Crippen LogP contribution in [0.2, 0.25) is 0 Å². The van der Waals surface area contributed by atoms with Crippen molar-refractivity contribution >= 4 is 61.0 Å². The number of azo groups is 1. The molecule has 2 N–H and O–H groups in total. The zero-order chi connectivity index (χ0) is 15.7. The second kappa shape index (κ2) is 6.17. The highest BCUT2D eigenvalue weighted by atomic mass is 127. The zero-order valence-electron chi connectivity index (χ0n) is 11.0. The van der Waals surface area contributed by atoms with Gasteiger partial charge < -0.3 is 10.1 Å². The van der Waals surface area contributed by atoms with E-state index in [0.717, 1.165) is 9.09 Å². The van der Waals surface area contributed by atoms with Gasteiger partial charge in [-0.15, -0.1) is 10.2 Å². The minimum atomic E-state index is -0.480. The molecular weight excluding hydrogens is 461 g/mol. The summed E-state index contributed by atoms with van der Waals surface area (Å²) in [5.41, 5.74) is 1.41. The molecule has 0 fully saturated rings. The Morgan fingerprint density at radius 1 is 1.23 bits per heavy atom. The summed E-state index contributed by atoms with van der Waals surface area (Å²) in [5, 5.41) is 18.3. The lowest BCUT2D eigenvalue weighted by Gasteiger charge is -1.97. The number of H-pyrrole nitrogens is 1. The molecule has 3 rings (SSSR count). The number of aromatic nitrogens is 1. The van der Waals surface area contributed by atoms with Gasteiger partial charge in [-0.05, 0) is 68.9 Å². The monoisotopic (exact) mass is 469 g/mol. The highest BCUT2D eigenvalue weighted by molar-refractivity contribution is 14.1. The highest BCUT2D eigenvalue weighted by Gasteiger charge is 2.13. The van der Waals surface area contributed by atoms with E-state index in [1.54, 1.807) is 18.2 Å². The van der Waals surface area contributed by atoms with Crippen LogP contribution in [0.1, 0.15) is 10.4 Å². The van der Waals surface area contributed by atoms with Crippen molar-refractivity contribution in [3.63, 3.8) is 0 Å². The number of aromatic hydroxyl groups is 1. The average Bonchev–Trinajstić information content (AvgIpc) is 2.80. The van der Waals surface area contributed by atoms with Crippen LogP contribution in [0.5, 0.6) is 5.88 Å². The fourth-order valence-electron chi connectivity index (χ4n) is 2.02. The molecule has 1 heterocycles. The van der Waals surface area contributed by atoms with Crippen LogP contribution in [-0.2, 0) is 0 Å². The Morgan fingerprint density at radius 3 is 2.77 bits per heavy atom. The topological polar surface area (TPSA) is 77.8 Å². The van der Waals surface area contributed by atoms with Gasteiger partial charge in [0, 0.05) is 13.4 Å². The minimum Gasteiger partial charge on any atom is -0.493 e. The first-order valence-electron chi connectivity index (χ1n) is 6.27. The number of fused-ring (bicyclic) bond motifs is 1. The third-order valence-corrected chi connectivity index (χ3v) is 4.42. The number of carbonyl (C=O) groups is 1. The van der Waals surface area contributed by atoms with Gasteiger partial charge in [-0.2, -0.15) is 0 Å². The molecule has 0 saturated carbocycles. The van der Waals surface area contributed by atoms with E-state index in [0.29, 0.717) is 15.4 Å². The van der Waals surface area contributed by atoms with Crippen LogP contribution in [0, 0.1) is 3.57 Å². The lowest BCUT2D eigenvalue weighted by Crippen LogP contribution is -1.94. The predicted molar refractivity (Wildman–Crippen MR) is 95.7 cm³/mol. The number of amides is 1. The standard InChI is InChI=1S/C15H9BrIN3O2/c16-11-4-2-1-3-9(11)14(21)20-19-13-10-7-8(17)5-6-12(10)18-15(13)22/h1-7,18,22H. The summed E-state index contributed by atoms with van der Waals surface area (Å²) in [7, 11) is 0. The molecule has 7 heteroatoms. The highest BCUT2D eigenvalue weighted by Crippen LogP contribution is 2.36. The van der Waals surface area contributed by atoms with E-state index in [4.69, 9.17) is 0 Å². The number of aromatic amines is 1. The Labute approximate surface area is 147 Å². The first kappa shape index (κ1) is 15.2.